The molecule has 1 unspecified atom stereocenters. The first-order valence-electron chi connectivity index (χ1n) is 7.23. The van der Waals surface area contributed by atoms with E-state index < -0.39 is 5.54 Å². The number of esters is 1. The van der Waals surface area contributed by atoms with Gasteiger partial charge < -0.3 is 15.0 Å². The third-order valence-corrected chi connectivity index (χ3v) is 4.00. The van der Waals surface area contributed by atoms with Crippen LogP contribution in [0.5, 0.6) is 0 Å². The predicted molar refractivity (Wildman–Crippen MR) is 80.9 cm³/mol. The van der Waals surface area contributed by atoms with Crippen LogP contribution in [0.15, 0.2) is 30.3 Å². The first-order valence-corrected chi connectivity index (χ1v) is 7.23. The number of methoxy groups -OCH3 is 1. The van der Waals surface area contributed by atoms with Crippen LogP contribution in [-0.2, 0) is 9.53 Å². The molecule has 110 valence electrons. The average molecular weight is 276 g/mol. The van der Waals surface area contributed by atoms with Gasteiger partial charge in [0.1, 0.15) is 5.54 Å². The van der Waals surface area contributed by atoms with Crippen LogP contribution in [0.25, 0.3) is 0 Å². The van der Waals surface area contributed by atoms with Crippen molar-refractivity contribution in [2.24, 2.45) is 5.92 Å². The highest BCUT2D eigenvalue weighted by Gasteiger charge is 2.52. The fourth-order valence-electron chi connectivity index (χ4n) is 2.85. The van der Waals surface area contributed by atoms with Crippen molar-refractivity contribution in [3.63, 3.8) is 0 Å². The first kappa shape index (κ1) is 14.9. The molecule has 1 aliphatic rings. The molecule has 1 aromatic rings. The molecule has 0 amide bonds. The van der Waals surface area contributed by atoms with Crippen molar-refractivity contribution in [1.82, 2.24) is 5.32 Å². The van der Waals surface area contributed by atoms with Crippen molar-refractivity contribution < 1.29 is 9.53 Å². The molecule has 1 aromatic carbocycles. The van der Waals surface area contributed by atoms with Gasteiger partial charge in [0.25, 0.3) is 0 Å². The highest BCUT2D eigenvalue weighted by Crippen LogP contribution is 2.41. The largest absolute Gasteiger partial charge is 0.468 e. The number of anilines is 1. The number of hydrogen-bond donors (Lipinski definition) is 1. The number of hydrogen-bond acceptors (Lipinski definition) is 4. The quantitative estimate of drug-likeness (QED) is 0.774. The summed E-state index contributed by atoms with van der Waals surface area (Å²) in [6, 6.07) is 10.1. The maximum absolute atomic E-state index is 12.4. The summed E-state index contributed by atoms with van der Waals surface area (Å²) < 4.78 is 5.08. The molecule has 0 radical (unpaired) electrons. The van der Waals surface area contributed by atoms with Crippen LogP contribution in [0.2, 0.25) is 0 Å². The Balaban J connectivity index is 2.21. The number of carbonyl (C=O) groups is 1. The standard InChI is InChI=1S/C16H24N2O2/c1-4-17-16(13-10-11-13,15(19)20-3)12-18(2)14-8-6-5-7-9-14/h5-9,13,17H,4,10-12H2,1-3H3. The lowest BCUT2D eigenvalue weighted by molar-refractivity contribution is -0.149. The zero-order chi connectivity index (χ0) is 14.6. The molecule has 1 saturated carbocycles. The third kappa shape index (κ3) is 2.96. The second-order valence-electron chi connectivity index (χ2n) is 5.46. The van der Waals surface area contributed by atoms with Crippen LogP contribution in [0.3, 0.4) is 0 Å². The van der Waals surface area contributed by atoms with Crippen molar-refractivity contribution >= 4 is 11.7 Å². The summed E-state index contributed by atoms with van der Waals surface area (Å²) in [5.41, 5.74) is 0.521. The maximum atomic E-state index is 12.4. The number of nitrogens with zero attached hydrogens (tertiary/aromatic N) is 1. The fourth-order valence-corrected chi connectivity index (χ4v) is 2.85. The van der Waals surface area contributed by atoms with E-state index in [0.717, 1.165) is 25.1 Å². The van der Waals surface area contributed by atoms with Gasteiger partial charge in [0, 0.05) is 19.3 Å². The van der Waals surface area contributed by atoms with Crippen LogP contribution in [-0.4, -0.2) is 38.8 Å². The van der Waals surface area contributed by atoms with E-state index in [2.05, 4.69) is 22.3 Å². The molecule has 0 spiro atoms. The van der Waals surface area contributed by atoms with Crippen LogP contribution in [0.1, 0.15) is 19.8 Å². The number of benzene rings is 1. The monoisotopic (exact) mass is 276 g/mol. The summed E-state index contributed by atoms with van der Waals surface area (Å²) in [4.78, 5) is 14.5. The maximum Gasteiger partial charge on any atom is 0.328 e. The van der Waals surface area contributed by atoms with Crippen LogP contribution < -0.4 is 10.2 Å². The van der Waals surface area contributed by atoms with E-state index in [1.165, 1.54) is 7.11 Å². The topological polar surface area (TPSA) is 41.6 Å². The van der Waals surface area contributed by atoms with Gasteiger partial charge in [0.05, 0.1) is 7.11 Å². The Morgan fingerprint density at radius 1 is 1.40 bits per heavy atom. The molecule has 0 heterocycles. The van der Waals surface area contributed by atoms with Crippen LogP contribution in [0, 0.1) is 5.92 Å². The van der Waals surface area contributed by atoms with E-state index in [-0.39, 0.29) is 5.97 Å². The van der Waals surface area contributed by atoms with Crippen molar-refractivity contribution in [2.75, 3.05) is 32.1 Å². The Bertz CT molecular complexity index is 445. The van der Waals surface area contributed by atoms with Gasteiger partial charge in [0.2, 0.25) is 0 Å². The Morgan fingerprint density at radius 3 is 2.55 bits per heavy atom. The zero-order valence-corrected chi connectivity index (χ0v) is 12.6. The smallest absolute Gasteiger partial charge is 0.328 e. The van der Waals surface area contributed by atoms with Gasteiger partial charge in [-0.1, -0.05) is 25.1 Å². The fraction of sp³-hybridized carbons (Fsp3) is 0.562. The van der Waals surface area contributed by atoms with Gasteiger partial charge in [-0.3, -0.25) is 0 Å². The Labute approximate surface area is 121 Å². The van der Waals surface area contributed by atoms with E-state index in [1.807, 2.05) is 32.2 Å². The molecule has 0 aliphatic heterocycles. The van der Waals surface area contributed by atoms with Crippen molar-refractivity contribution in [2.45, 2.75) is 25.3 Å². The summed E-state index contributed by atoms with van der Waals surface area (Å²) in [6.07, 6.45) is 2.18. The van der Waals surface area contributed by atoms with Gasteiger partial charge in [-0.15, -0.1) is 0 Å². The average Bonchev–Trinajstić information content (AvgIpc) is 3.31. The minimum Gasteiger partial charge on any atom is -0.468 e. The molecule has 20 heavy (non-hydrogen) atoms. The van der Waals surface area contributed by atoms with E-state index in [0.29, 0.717) is 12.5 Å². The number of likely N-dealkylation sites (N-methyl/N-ethyl adjacent to an activating group) is 2. The van der Waals surface area contributed by atoms with Gasteiger partial charge in [0.15, 0.2) is 0 Å². The number of rotatable bonds is 7. The molecule has 4 heteroatoms. The minimum atomic E-state index is -0.589. The minimum absolute atomic E-state index is 0.148. The molecule has 1 fully saturated rings. The molecule has 0 aromatic heterocycles. The molecule has 1 N–H and O–H groups in total. The molecular weight excluding hydrogens is 252 g/mol. The second-order valence-corrected chi connectivity index (χ2v) is 5.46. The summed E-state index contributed by atoms with van der Waals surface area (Å²) in [5, 5.41) is 3.39. The normalized spacial score (nSPS) is 17.4. The van der Waals surface area contributed by atoms with Gasteiger partial charge in [-0.2, -0.15) is 0 Å². The summed E-state index contributed by atoms with van der Waals surface area (Å²) in [5.74, 6) is 0.227. The van der Waals surface area contributed by atoms with Crippen molar-refractivity contribution in [3.05, 3.63) is 30.3 Å². The van der Waals surface area contributed by atoms with Crippen molar-refractivity contribution in [3.8, 4) is 0 Å². The lowest BCUT2D eigenvalue weighted by Crippen LogP contribution is -2.60. The van der Waals surface area contributed by atoms with Gasteiger partial charge in [-0.25, -0.2) is 4.79 Å². The molecular formula is C16H24N2O2. The Hall–Kier alpha value is -1.55. The highest BCUT2D eigenvalue weighted by molar-refractivity contribution is 5.83. The van der Waals surface area contributed by atoms with E-state index in [9.17, 15) is 4.79 Å². The van der Waals surface area contributed by atoms with E-state index in [1.54, 1.807) is 0 Å². The van der Waals surface area contributed by atoms with Crippen LogP contribution in [0.4, 0.5) is 5.69 Å². The molecule has 4 nitrogen and oxygen atoms in total. The number of para-hydroxylation sites is 1. The summed E-state index contributed by atoms with van der Waals surface area (Å²) in [6.45, 7) is 3.42. The summed E-state index contributed by atoms with van der Waals surface area (Å²) >= 11 is 0. The number of carbonyl (C=O) groups excluding carboxylic acids is 1. The number of ether oxygens (including phenoxy) is 1. The lowest BCUT2D eigenvalue weighted by atomic mass is 9.92. The van der Waals surface area contributed by atoms with Gasteiger partial charge >= 0.3 is 5.97 Å². The third-order valence-electron chi connectivity index (χ3n) is 4.00. The summed E-state index contributed by atoms with van der Waals surface area (Å²) in [7, 11) is 3.49. The molecule has 2 rings (SSSR count). The SMILES string of the molecule is CCNC(CN(C)c1ccccc1)(C(=O)OC)C1CC1. The number of nitrogens with one attached hydrogen (secondary N) is 1. The molecule has 0 bridgehead atoms. The van der Waals surface area contributed by atoms with Crippen molar-refractivity contribution in [1.29, 1.82) is 0 Å². The predicted octanol–water partition coefficient (Wildman–Crippen LogP) is 2.05. The Morgan fingerprint density at radius 2 is 2.05 bits per heavy atom. The zero-order valence-electron chi connectivity index (χ0n) is 12.6. The Kier molecular flexibility index (Phi) is 4.65. The first-order chi connectivity index (χ1) is 9.64. The van der Waals surface area contributed by atoms with E-state index >= 15 is 0 Å². The molecule has 1 aliphatic carbocycles. The second kappa shape index (κ2) is 6.27. The van der Waals surface area contributed by atoms with Crippen LogP contribution >= 0.6 is 0 Å². The lowest BCUT2D eigenvalue weighted by Gasteiger charge is -2.36. The molecule has 1 atom stereocenters. The van der Waals surface area contributed by atoms with Gasteiger partial charge in [-0.05, 0) is 37.4 Å². The molecule has 0 saturated heterocycles. The van der Waals surface area contributed by atoms with E-state index in [4.69, 9.17) is 4.74 Å². The highest BCUT2D eigenvalue weighted by atomic mass is 16.5.